The third kappa shape index (κ3) is 4.89. The largest absolute Gasteiger partial charge is 0.299 e. The molecule has 1 saturated carbocycles. The summed E-state index contributed by atoms with van der Waals surface area (Å²) < 4.78 is 1.39. The van der Waals surface area contributed by atoms with E-state index in [1.165, 1.54) is 40.5 Å². The Morgan fingerprint density at radius 3 is 2.74 bits per heavy atom. The van der Waals surface area contributed by atoms with E-state index in [9.17, 15) is 4.79 Å². The van der Waals surface area contributed by atoms with Crippen molar-refractivity contribution < 1.29 is 4.79 Å². The zero-order valence-corrected chi connectivity index (χ0v) is 21.3. The number of hydrogen-bond acceptors (Lipinski definition) is 4. The number of rotatable bonds is 7. The average molecular weight is 473 g/mol. The van der Waals surface area contributed by atoms with E-state index in [1.54, 1.807) is 0 Å². The molecule has 0 bridgehead atoms. The van der Waals surface area contributed by atoms with Crippen molar-refractivity contribution in [3.05, 3.63) is 71.4 Å². The van der Waals surface area contributed by atoms with Gasteiger partial charge in [0.1, 0.15) is 5.78 Å². The number of carbonyl (C=O) groups excluding carboxylic acids is 1. The summed E-state index contributed by atoms with van der Waals surface area (Å²) in [5, 5.41) is 3.53. The maximum atomic E-state index is 13.6. The third-order valence-electron chi connectivity index (χ3n) is 7.95. The number of carbonyl (C=O) groups is 1. The van der Waals surface area contributed by atoms with Crippen LogP contribution in [0.15, 0.2) is 60.1 Å². The number of pyridine rings is 1. The Morgan fingerprint density at radius 2 is 1.97 bits per heavy atom. The lowest BCUT2D eigenvalue weighted by Crippen LogP contribution is -2.47. The zero-order chi connectivity index (χ0) is 23.5. The Labute approximate surface area is 207 Å². The lowest BCUT2D eigenvalue weighted by atomic mass is 9.79. The van der Waals surface area contributed by atoms with E-state index in [0.29, 0.717) is 5.78 Å². The van der Waals surface area contributed by atoms with Crippen LogP contribution in [0.5, 0.6) is 0 Å². The van der Waals surface area contributed by atoms with Crippen molar-refractivity contribution in [2.24, 2.45) is 5.92 Å². The van der Waals surface area contributed by atoms with Crippen molar-refractivity contribution >= 4 is 32.8 Å². The van der Waals surface area contributed by atoms with Crippen LogP contribution in [-0.4, -0.2) is 34.3 Å². The highest BCUT2D eigenvalue weighted by Crippen LogP contribution is 2.39. The number of nitrogens with zero attached hydrogens (tertiary/aromatic N) is 2. The van der Waals surface area contributed by atoms with Gasteiger partial charge in [-0.2, -0.15) is 0 Å². The van der Waals surface area contributed by atoms with Crippen LogP contribution in [-0.2, 0) is 4.79 Å². The second kappa shape index (κ2) is 10.1. The van der Waals surface area contributed by atoms with Gasteiger partial charge in [0.15, 0.2) is 0 Å². The van der Waals surface area contributed by atoms with Crippen molar-refractivity contribution in [2.45, 2.75) is 70.3 Å². The van der Waals surface area contributed by atoms with Crippen LogP contribution in [0.3, 0.4) is 0 Å². The molecule has 0 spiro atoms. The van der Waals surface area contributed by atoms with E-state index in [1.807, 2.05) is 35.7 Å². The molecular formula is C30H36N2OS. The molecule has 1 fully saturated rings. The number of hydrogen-bond donors (Lipinski definition) is 0. The maximum Gasteiger partial charge on any atom is 0.145 e. The highest BCUT2D eigenvalue weighted by Gasteiger charge is 2.34. The Kier molecular flexibility index (Phi) is 6.99. The first-order valence-electron chi connectivity index (χ1n) is 12.9. The average Bonchev–Trinajstić information content (AvgIpc) is 3.35. The Morgan fingerprint density at radius 1 is 1.12 bits per heavy atom. The fourth-order valence-corrected chi connectivity index (χ4v) is 6.89. The second-order valence-electron chi connectivity index (χ2n) is 10.6. The van der Waals surface area contributed by atoms with Gasteiger partial charge in [-0.1, -0.05) is 49.6 Å². The van der Waals surface area contributed by atoms with Crippen LogP contribution < -0.4 is 0 Å². The highest BCUT2D eigenvalue weighted by molar-refractivity contribution is 7.17. The predicted octanol–water partition coefficient (Wildman–Crippen LogP) is 7.49. The molecule has 1 aliphatic heterocycles. The van der Waals surface area contributed by atoms with Crippen LogP contribution in [0.1, 0.15) is 76.0 Å². The predicted molar refractivity (Wildman–Crippen MR) is 143 cm³/mol. The number of thiophene rings is 1. The minimum atomic E-state index is -0.0923. The van der Waals surface area contributed by atoms with Gasteiger partial charge in [-0.15, -0.1) is 11.3 Å². The quantitative estimate of drug-likeness (QED) is 0.357. The number of Topliss-reactive ketones (excluding diaryl/α,β-unsaturated/α-hetero) is 1. The Hall–Kier alpha value is -2.30. The van der Waals surface area contributed by atoms with E-state index >= 15 is 0 Å². The monoisotopic (exact) mass is 472 g/mol. The minimum absolute atomic E-state index is 0.0477. The van der Waals surface area contributed by atoms with Gasteiger partial charge in [0.2, 0.25) is 0 Å². The van der Waals surface area contributed by atoms with E-state index in [0.717, 1.165) is 44.5 Å². The Bertz CT molecular complexity index is 1160. The molecule has 1 atom stereocenters. The maximum absolute atomic E-state index is 13.6. The minimum Gasteiger partial charge on any atom is -0.299 e. The summed E-state index contributed by atoms with van der Waals surface area (Å²) in [7, 11) is 0. The first-order valence-corrected chi connectivity index (χ1v) is 13.8. The Balaban J connectivity index is 1.33. The number of aromatic nitrogens is 1. The van der Waals surface area contributed by atoms with Gasteiger partial charge in [-0.05, 0) is 79.6 Å². The van der Waals surface area contributed by atoms with Crippen LogP contribution in [0, 0.1) is 5.92 Å². The van der Waals surface area contributed by atoms with Gasteiger partial charge < -0.3 is 0 Å². The van der Waals surface area contributed by atoms with Crippen LogP contribution in [0.2, 0.25) is 0 Å². The van der Waals surface area contributed by atoms with Crippen LogP contribution in [0.4, 0.5) is 0 Å². The van der Waals surface area contributed by atoms with Crippen molar-refractivity contribution in [3.63, 3.8) is 0 Å². The van der Waals surface area contributed by atoms with Crippen molar-refractivity contribution in [3.8, 4) is 0 Å². The molecule has 1 aromatic carbocycles. The van der Waals surface area contributed by atoms with Gasteiger partial charge in [0, 0.05) is 35.4 Å². The van der Waals surface area contributed by atoms with Gasteiger partial charge in [-0.3, -0.25) is 14.7 Å². The van der Waals surface area contributed by atoms with Crippen LogP contribution in [0.25, 0.3) is 15.7 Å². The standard InChI is InChI=1S/C30H36N2OS/c1-30(2)21-24(25-12-8-11-23-16-20-34-29(23)25)14-18-32(30)19-15-26(27-13-6-7-17-31-27)28(33)22-9-4-3-5-10-22/h6-8,11-14,16-17,20,22,26H,3-5,9-10,15,18-19,21H2,1-2H3. The first-order chi connectivity index (χ1) is 16.5. The fourth-order valence-electron chi connectivity index (χ4n) is 5.94. The smallest absolute Gasteiger partial charge is 0.145 e. The lowest BCUT2D eigenvalue weighted by molar-refractivity contribution is -0.125. The molecule has 0 amide bonds. The molecule has 178 valence electrons. The van der Waals surface area contributed by atoms with Crippen molar-refractivity contribution in [1.82, 2.24) is 9.88 Å². The molecule has 34 heavy (non-hydrogen) atoms. The van der Waals surface area contributed by atoms with E-state index in [2.05, 4.69) is 59.5 Å². The molecule has 3 aromatic rings. The summed E-state index contributed by atoms with van der Waals surface area (Å²) in [5.74, 6) is 0.548. The molecule has 1 unspecified atom stereocenters. The molecule has 4 heteroatoms. The molecule has 2 aliphatic rings. The normalized spacial score (nSPS) is 20.2. The molecule has 3 heterocycles. The van der Waals surface area contributed by atoms with Gasteiger partial charge in [0.25, 0.3) is 0 Å². The fraction of sp³-hybridized carbons (Fsp3) is 0.467. The molecule has 0 N–H and O–H groups in total. The van der Waals surface area contributed by atoms with Gasteiger partial charge >= 0.3 is 0 Å². The molecule has 2 aromatic heterocycles. The second-order valence-corrected chi connectivity index (χ2v) is 11.6. The summed E-state index contributed by atoms with van der Waals surface area (Å²) >= 11 is 1.84. The lowest BCUT2D eigenvalue weighted by Gasteiger charge is -2.43. The molecule has 0 saturated heterocycles. The van der Waals surface area contributed by atoms with Crippen LogP contribution >= 0.6 is 11.3 Å². The summed E-state index contributed by atoms with van der Waals surface area (Å²) in [6.45, 7) is 6.55. The SMILES string of the molecule is CC1(C)CC(c2cccc3ccsc23)=CCN1CCC(C(=O)C1CCCCC1)c1ccccn1. The van der Waals surface area contributed by atoms with E-state index in [4.69, 9.17) is 0 Å². The van der Waals surface area contributed by atoms with Crippen molar-refractivity contribution in [1.29, 1.82) is 0 Å². The number of ketones is 1. The summed E-state index contributed by atoms with van der Waals surface area (Å²) in [5.41, 5.74) is 3.84. The molecule has 3 nitrogen and oxygen atoms in total. The van der Waals surface area contributed by atoms with E-state index in [-0.39, 0.29) is 17.4 Å². The summed E-state index contributed by atoms with van der Waals surface area (Å²) in [6, 6.07) is 14.9. The number of fused-ring (bicyclic) bond motifs is 1. The first kappa shape index (κ1) is 23.4. The topological polar surface area (TPSA) is 33.2 Å². The van der Waals surface area contributed by atoms with E-state index < -0.39 is 0 Å². The third-order valence-corrected chi connectivity index (χ3v) is 8.91. The summed E-state index contributed by atoms with van der Waals surface area (Å²) in [6.07, 6.45) is 11.9. The van der Waals surface area contributed by atoms with Gasteiger partial charge in [0.05, 0.1) is 11.6 Å². The number of benzene rings is 1. The van der Waals surface area contributed by atoms with Gasteiger partial charge in [-0.25, -0.2) is 0 Å². The van der Waals surface area contributed by atoms with Crippen molar-refractivity contribution in [2.75, 3.05) is 13.1 Å². The highest BCUT2D eigenvalue weighted by atomic mass is 32.1. The molecular weight excluding hydrogens is 436 g/mol. The molecule has 1 aliphatic carbocycles. The molecule has 0 radical (unpaired) electrons. The zero-order valence-electron chi connectivity index (χ0n) is 20.5. The molecule has 5 rings (SSSR count). The summed E-state index contributed by atoms with van der Waals surface area (Å²) in [4.78, 5) is 20.8.